The third kappa shape index (κ3) is 9.52. The first-order chi connectivity index (χ1) is 27.0. The van der Waals surface area contributed by atoms with Gasteiger partial charge in [-0.15, -0.1) is 5.53 Å². The number of amides is 1. The lowest BCUT2D eigenvalue weighted by atomic mass is 9.98. The molecule has 1 saturated heterocycles. The number of nitrogens with zero attached hydrogens (tertiary/aromatic N) is 6. The highest BCUT2D eigenvalue weighted by Gasteiger charge is 2.29. The summed E-state index contributed by atoms with van der Waals surface area (Å²) in [6.07, 6.45) is 10.4. The summed E-state index contributed by atoms with van der Waals surface area (Å²) in [5, 5.41) is 11.1. The zero-order chi connectivity index (χ0) is 39.2. The lowest BCUT2D eigenvalue weighted by molar-refractivity contribution is -0.158. The van der Waals surface area contributed by atoms with E-state index >= 15 is 0 Å². The van der Waals surface area contributed by atoms with Crippen molar-refractivity contribution in [2.45, 2.75) is 58.7 Å². The number of carbonyl (C=O) groups is 2. The van der Waals surface area contributed by atoms with Crippen LogP contribution in [0.2, 0.25) is 0 Å². The van der Waals surface area contributed by atoms with Gasteiger partial charge in [0.15, 0.2) is 18.2 Å². The second kappa shape index (κ2) is 16.9. The van der Waals surface area contributed by atoms with Crippen LogP contribution in [0.15, 0.2) is 84.8 Å². The largest absolute Gasteiger partial charge is 0.497 e. The number of ether oxygens (including phenoxy) is 4. The standard InChI is InChI=1S/C41H51N9O6/c1-41(2,3)40(52)55-27-50-31(23-43-46-50)26-54-33-14-16-34(17-15-33)56-35-18-20-42-39-37(35)38(45-49(39)24-28-8-12-32(53-5)13-9-28)44-29-19-22-48(25-29)36(51)7-6-21-47(4)30-10-11-30/h6-9,12-18,20,23,29-30,43,46H,10-11,19,21-22,24-27H2,1-5H3,(H,44,45)/b7-6+/t29-/m1/s1. The molecule has 2 fully saturated rings. The molecule has 2 aromatic heterocycles. The molecule has 15 heteroatoms. The molecule has 4 heterocycles. The molecular weight excluding hydrogens is 715 g/mol. The second-order valence-corrected chi connectivity index (χ2v) is 15.3. The molecule has 0 spiro atoms. The minimum Gasteiger partial charge on any atom is -0.497 e. The maximum absolute atomic E-state index is 13.1. The van der Waals surface area contributed by atoms with E-state index < -0.39 is 5.41 Å². The number of methoxy groups -OCH3 is 1. The lowest BCUT2D eigenvalue weighted by Crippen LogP contribution is -2.41. The van der Waals surface area contributed by atoms with Crippen molar-refractivity contribution in [1.29, 1.82) is 0 Å². The zero-order valence-corrected chi connectivity index (χ0v) is 32.7. The summed E-state index contributed by atoms with van der Waals surface area (Å²) in [5.74, 6) is 2.98. The van der Waals surface area contributed by atoms with E-state index in [-0.39, 0.29) is 31.3 Å². The molecule has 1 amide bonds. The van der Waals surface area contributed by atoms with Crippen LogP contribution in [0, 0.1) is 5.41 Å². The topological polar surface area (TPSA) is 148 Å². The Bertz CT molecular complexity index is 2050. The maximum atomic E-state index is 13.1. The van der Waals surface area contributed by atoms with Crippen molar-refractivity contribution in [3.63, 3.8) is 0 Å². The van der Waals surface area contributed by atoms with E-state index in [1.807, 2.05) is 91.0 Å². The summed E-state index contributed by atoms with van der Waals surface area (Å²) >= 11 is 0. The molecule has 2 aromatic carbocycles. The van der Waals surface area contributed by atoms with Crippen molar-refractivity contribution in [1.82, 2.24) is 40.5 Å². The molecule has 0 bridgehead atoms. The molecule has 15 nitrogen and oxygen atoms in total. The SMILES string of the molecule is COc1ccc(Cn2nc(N[C@@H]3CCN(C(=O)/C=C/CN(C)C4CC4)C3)c3c(Oc4ccc(OCC5=CNNN5COC(=O)C(C)(C)C)cc4)ccnc32)cc1. The predicted molar refractivity (Wildman–Crippen MR) is 212 cm³/mol. The number of fused-ring (bicyclic) bond motifs is 1. The molecule has 3 aliphatic rings. The number of rotatable bonds is 16. The summed E-state index contributed by atoms with van der Waals surface area (Å²) in [6, 6.07) is 17.7. The van der Waals surface area contributed by atoms with Gasteiger partial charge in [0.25, 0.3) is 0 Å². The van der Waals surface area contributed by atoms with Gasteiger partial charge >= 0.3 is 5.97 Å². The first-order valence-electron chi connectivity index (χ1n) is 19.0. The van der Waals surface area contributed by atoms with Crippen LogP contribution in [0.5, 0.6) is 23.0 Å². The van der Waals surface area contributed by atoms with Gasteiger partial charge < -0.3 is 34.6 Å². The Morgan fingerprint density at radius 1 is 1.02 bits per heavy atom. The van der Waals surface area contributed by atoms with Crippen molar-refractivity contribution >= 4 is 28.7 Å². The zero-order valence-electron chi connectivity index (χ0n) is 32.7. The number of aromatic nitrogens is 3. The molecule has 56 heavy (non-hydrogen) atoms. The predicted octanol–water partition coefficient (Wildman–Crippen LogP) is 5.04. The molecular formula is C41H51N9O6. The lowest BCUT2D eigenvalue weighted by Gasteiger charge is -2.23. The van der Waals surface area contributed by atoms with Gasteiger partial charge in [-0.25, -0.2) is 9.67 Å². The van der Waals surface area contributed by atoms with Crippen molar-refractivity contribution in [2.75, 3.05) is 52.4 Å². The fourth-order valence-electron chi connectivity index (χ4n) is 6.44. The number of likely N-dealkylation sites (N-methyl/N-ethyl adjacent to an activating group) is 1. The quantitative estimate of drug-likeness (QED) is 0.104. The highest BCUT2D eigenvalue weighted by atomic mass is 16.6. The van der Waals surface area contributed by atoms with E-state index in [1.165, 1.54) is 12.8 Å². The highest BCUT2D eigenvalue weighted by molar-refractivity contribution is 5.94. The summed E-state index contributed by atoms with van der Waals surface area (Å²) < 4.78 is 25.2. The molecule has 0 radical (unpaired) electrons. The van der Waals surface area contributed by atoms with Crippen LogP contribution in [0.4, 0.5) is 5.82 Å². The number of pyridine rings is 1. The molecule has 1 saturated carbocycles. The average molecular weight is 766 g/mol. The fraction of sp³-hybridized carbons (Fsp3) is 0.415. The minimum absolute atomic E-state index is 0.000332. The van der Waals surface area contributed by atoms with E-state index in [9.17, 15) is 9.59 Å². The van der Waals surface area contributed by atoms with Gasteiger partial charge in [-0.05, 0) is 89.0 Å². The molecule has 1 aliphatic carbocycles. The van der Waals surface area contributed by atoms with Gasteiger partial charge in [-0.1, -0.05) is 18.2 Å². The third-order valence-electron chi connectivity index (χ3n) is 9.91. The van der Waals surface area contributed by atoms with Crippen molar-refractivity contribution in [3.05, 3.63) is 90.4 Å². The normalized spacial score (nSPS) is 17.0. The Kier molecular flexibility index (Phi) is 11.6. The molecule has 4 aromatic rings. The van der Waals surface area contributed by atoms with E-state index in [0.717, 1.165) is 35.4 Å². The van der Waals surface area contributed by atoms with Crippen LogP contribution in [0.1, 0.15) is 45.6 Å². The Morgan fingerprint density at radius 3 is 2.50 bits per heavy atom. The molecule has 2 aliphatic heterocycles. The van der Waals surface area contributed by atoms with Gasteiger partial charge in [0.2, 0.25) is 5.91 Å². The summed E-state index contributed by atoms with van der Waals surface area (Å²) in [6.45, 7) is 8.19. The van der Waals surface area contributed by atoms with Crippen LogP contribution < -0.4 is 30.5 Å². The summed E-state index contributed by atoms with van der Waals surface area (Å²) in [4.78, 5) is 34.2. The molecule has 0 unspecified atom stereocenters. The number of benzene rings is 2. The van der Waals surface area contributed by atoms with E-state index in [0.29, 0.717) is 54.4 Å². The molecule has 7 rings (SSSR count). The van der Waals surface area contributed by atoms with E-state index in [1.54, 1.807) is 30.6 Å². The number of esters is 1. The highest BCUT2D eigenvalue weighted by Crippen LogP contribution is 2.36. The maximum Gasteiger partial charge on any atom is 0.312 e. The van der Waals surface area contributed by atoms with Crippen LogP contribution >= 0.6 is 0 Å². The van der Waals surface area contributed by atoms with Crippen LogP contribution in [-0.2, 0) is 20.9 Å². The number of hydrogen-bond donors (Lipinski definition) is 3. The van der Waals surface area contributed by atoms with Crippen LogP contribution in [-0.4, -0.2) is 101 Å². The van der Waals surface area contributed by atoms with Crippen molar-refractivity contribution in [3.8, 4) is 23.0 Å². The number of carbonyl (C=O) groups excluding carboxylic acids is 2. The molecule has 296 valence electrons. The third-order valence-corrected chi connectivity index (χ3v) is 9.91. The smallest absolute Gasteiger partial charge is 0.312 e. The van der Waals surface area contributed by atoms with Gasteiger partial charge in [-0.3, -0.25) is 19.5 Å². The summed E-state index contributed by atoms with van der Waals surface area (Å²) in [5.41, 5.74) is 7.73. The minimum atomic E-state index is -0.599. The molecule has 3 N–H and O–H groups in total. The monoisotopic (exact) mass is 765 g/mol. The first-order valence-corrected chi connectivity index (χ1v) is 19.0. The Balaban J connectivity index is 1.04. The molecule has 1 atom stereocenters. The van der Waals surface area contributed by atoms with Crippen molar-refractivity contribution in [2.24, 2.45) is 5.41 Å². The first kappa shape index (κ1) is 38.5. The van der Waals surface area contributed by atoms with Gasteiger partial charge in [-0.2, -0.15) is 5.10 Å². The number of nitrogens with one attached hydrogen (secondary N) is 3. The second-order valence-electron chi connectivity index (χ2n) is 15.3. The van der Waals surface area contributed by atoms with Gasteiger partial charge in [0, 0.05) is 56.3 Å². The number of hydrogen-bond acceptors (Lipinski definition) is 13. The van der Waals surface area contributed by atoms with E-state index in [2.05, 4.69) is 28.2 Å². The van der Waals surface area contributed by atoms with Crippen molar-refractivity contribution < 1.29 is 28.5 Å². The number of hydrazine groups is 2. The Hall–Kier alpha value is -5.80. The fourth-order valence-corrected chi connectivity index (χ4v) is 6.44. The number of likely N-dealkylation sites (tertiary alicyclic amines) is 1. The van der Waals surface area contributed by atoms with Gasteiger partial charge in [0.1, 0.15) is 35.0 Å². The average Bonchev–Trinajstić information content (AvgIpc) is 3.61. The number of anilines is 1. The Morgan fingerprint density at radius 2 is 1.77 bits per heavy atom. The van der Waals surface area contributed by atoms with E-state index in [4.69, 9.17) is 29.0 Å². The summed E-state index contributed by atoms with van der Waals surface area (Å²) in [7, 11) is 3.75. The Labute approximate surface area is 327 Å². The van der Waals surface area contributed by atoms with Gasteiger partial charge in [0.05, 0.1) is 24.8 Å². The van der Waals surface area contributed by atoms with Crippen LogP contribution in [0.3, 0.4) is 0 Å². The van der Waals surface area contributed by atoms with Crippen LogP contribution in [0.25, 0.3) is 11.0 Å².